The second-order valence-corrected chi connectivity index (χ2v) is 10.7. The van der Waals surface area contributed by atoms with E-state index in [-0.39, 0.29) is 27.5 Å². The van der Waals surface area contributed by atoms with Crippen molar-refractivity contribution in [2.24, 2.45) is 28.6 Å². The van der Waals surface area contributed by atoms with Crippen LogP contribution in [0.4, 0.5) is 0 Å². The molecule has 0 bridgehead atoms. The molecular weight excluding hydrogens is 380 g/mol. The summed E-state index contributed by atoms with van der Waals surface area (Å²) in [5.74, 6) is 1.45. The van der Waals surface area contributed by atoms with E-state index in [0.29, 0.717) is 17.8 Å². The summed E-state index contributed by atoms with van der Waals surface area (Å²) in [5.41, 5.74) is 0.0917. The van der Waals surface area contributed by atoms with Crippen molar-refractivity contribution < 1.29 is 15.0 Å². The number of allylic oxidation sites excluding steroid dienone is 1. The van der Waals surface area contributed by atoms with Gasteiger partial charge in [-0.1, -0.05) is 41.4 Å². The van der Waals surface area contributed by atoms with Gasteiger partial charge in [-0.25, -0.2) is 0 Å². The van der Waals surface area contributed by atoms with Crippen LogP contribution in [0.3, 0.4) is 0 Å². The Kier molecular flexibility index (Phi) is 4.11. The van der Waals surface area contributed by atoms with E-state index in [0.717, 1.165) is 44.9 Å². The van der Waals surface area contributed by atoms with Crippen LogP contribution in [0.5, 0.6) is 0 Å². The third-order valence-electron chi connectivity index (χ3n) is 8.79. The molecule has 2 N–H and O–H groups in total. The molecule has 0 heterocycles. The molecule has 0 aromatic carbocycles. The maximum Gasteiger partial charge on any atom is 0.163 e. The Bertz CT molecular complexity index is 631. The third kappa shape index (κ3) is 2.20. The minimum Gasteiger partial charge on any atom is -0.393 e. The fraction of sp³-hybridized carbons (Fsp3) is 0.857. The number of rotatable bonds is 1. The zero-order chi connectivity index (χ0) is 18.2. The fourth-order valence-corrected chi connectivity index (χ4v) is 8.49. The molecule has 3 saturated carbocycles. The van der Waals surface area contributed by atoms with Crippen LogP contribution in [0.2, 0.25) is 0 Å². The molecule has 0 amide bonds. The highest BCUT2D eigenvalue weighted by Gasteiger charge is 2.68. The lowest BCUT2D eigenvalue weighted by atomic mass is 9.47. The molecule has 4 rings (SSSR count). The van der Waals surface area contributed by atoms with Crippen LogP contribution in [-0.4, -0.2) is 32.5 Å². The second kappa shape index (κ2) is 5.65. The van der Waals surface area contributed by atoms with Crippen molar-refractivity contribution in [2.45, 2.75) is 82.2 Å². The van der Waals surface area contributed by atoms with Crippen molar-refractivity contribution >= 4 is 21.7 Å². The Morgan fingerprint density at radius 3 is 2.64 bits per heavy atom. The largest absolute Gasteiger partial charge is 0.393 e. The summed E-state index contributed by atoms with van der Waals surface area (Å²) in [5, 5.41) is 21.5. The van der Waals surface area contributed by atoms with E-state index in [9.17, 15) is 15.0 Å². The van der Waals surface area contributed by atoms with Crippen LogP contribution in [-0.2, 0) is 4.79 Å². The number of ketones is 1. The summed E-state index contributed by atoms with van der Waals surface area (Å²) >= 11 is 3.67. The van der Waals surface area contributed by atoms with Gasteiger partial charge in [0.25, 0.3) is 0 Å². The summed E-state index contributed by atoms with van der Waals surface area (Å²) in [4.78, 5) is 12.3. The number of aliphatic hydroxyl groups excluding tert-OH is 1. The van der Waals surface area contributed by atoms with Crippen LogP contribution in [0.15, 0.2) is 11.6 Å². The Balaban J connectivity index is 1.72. The molecule has 0 aliphatic heterocycles. The molecule has 4 aliphatic carbocycles. The number of halogens is 1. The molecule has 0 radical (unpaired) electrons. The van der Waals surface area contributed by atoms with E-state index in [2.05, 4.69) is 35.9 Å². The number of alkyl halides is 1. The van der Waals surface area contributed by atoms with Crippen molar-refractivity contribution in [1.82, 2.24) is 0 Å². The van der Waals surface area contributed by atoms with Crippen molar-refractivity contribution in [1.29, 1.82) is 0 Å². The van der Waals surface area contributed by atoms with Gasteiger partial charge in [-0.3, -0.25) is 4.79 Å². The van der Waals surface area contributed by atoms with Crippen LogP contribution < -0.4 is 0 Å². The lowest BCUT2D eigenvalue weighted by molar-refractivity contribution is -0.158. The lowest BCUT2D eigenvalue weighted by Gasteiger charge is -2.58. The number of carbonyl (C=O) groups is 1. The van der Waals surface area contributed by atoms with Crippen LogP contribution in [0.1, 0.15) is 65.7 Å². The summed E-state index contributed by atoms with van der Waals surface area (Å²) in [6.07, 6.45) is 8.94. The van der Waals surface area contributed by atoms with Gasteiger partial charge in [0.15, 0.2) is 5.78 Å². The van der Waals surface area contributed by atoms with Gasteiger partial charge in [0.1, 0.15) is 5.60 Å². The second-order valence-electron chi connectivity index (χ2n) is 9.64. The molecule has 0 aromatic rings. The Morgan fingerprint density at radius 1 is 1.24 bits per heavy atom. The van der Waals surface area contributed by atoms with E-state index in [1.807, 2.05) is 0 Å². The van der Waals surface area contributed by atoms with Gasteiger partial charge < -0.3 is 10.2 Å². The predicted molar refractivity (Wildman–Crippen MR) is 101 cm³/mol. The first-order valence-corrected chi connectivity index (χ1v) is 10.8. The van der Waals surface area contributed by atoms with E-state index in [1.165, 1.54) is 5.57 Å². The number of hydrogen-bond donors (Lipinski definition) is 2. The average molecular weight is 411 g/mol. The molecule has 25 heavy (non-hydrogen) atoms. The molecule has 140 valence electrons. The number of fused-ring (bicyclic) bond motifs is 5. The Morgan fingerprint density at radius 2 is 1.96 bits per heavy atom. The van der Waals surface area contributed by atoms with E-state index >= 15 is 0 Å². The van der Waals surface area contributed by atoms with Gasteiger partial charge in [0.05, 0.1) is 10.9 Å². The predicted octanol–water partition coefficient (Wildman–Crippen LogP) is 4.00. The first-order valence-electron chi connectivity index (χ1n) is 9.89. The van der Waals surface area contributed by atoms with Gasteiger partial charge >= 0.3 is 0 Å². The number of aliphatic hydroxyl groups is 2. The molecule has 3 fully saturated rings. The molecule has 4 aliphatic rings. The highest BCUT2D eigenvalue weighted by atomic mass is 79.9. The molecule has 8 unspecified atom stereocenters. The molecular formula is C21H31BrO3. The zero-order valence-corrected chi connectivity index (χ0v) is 17.2. The zero-order valence-electron chi connectivity index (χ0n) is 15.6. The summed E-state index contributed by atoms with van der Waals surface area (Å²) in [6, 6.07) is 0. The average Bonchev–Trinajstić information content (AvgIpc) is 2.77. The maximum absolute atomic E-state index is 12.4. The first kappa shape index (κ1) is 18.2. The van der Waals surface area contributed by atoms with Gasteiger partial charge in [-0.05, 0) is 75.0 Å². The molecule has 0 saturated heterocycles. The first-order chi connectivity index (χ1) is 11.6. The maximum atomic E-state index is 12.4. The highest BCUT2D eigenvalue weighted by Crippen LogP contribution is 2.68. The normalized spacial score (nSPS) is 55.0. The molecule has 0 aromatic heterocycles. The van der Waals surface area contributed by atoms with Crippen LogP contribution in [0.25, 0.3) is 0 Å². The number of Topliss-reactive ketones (excluding diaryl/α,β-unsaturated/α-hetero) is 1. The minimum absolute atomic E-state index is 0.0862. The van der Waals surface area contributed by atoms with Crippen LogP contribution in [0, 0.1) is 28.6 Å². The van der Waals surface area contributed by atoms with E-state index in [4.69, 9.17) is 0 Å². The number of hydrogen-bond acceptors (Lipinski definition) is 3. The lowest BCUT2D eigenvalue weighted by Crippen LogP contribution is -2.58. The molecule has 8 atom stereocenters. The van der Waals surface area contributed by atoms with Crippen molar-refractivity contribution in [2.75, 3.05) is 0 Å². The third-order valence-corrected chi connectivity index (χ3v) is 9.83. The SMILES string of the molecule is CC(=O)C1(O)C(Br)CC2C3CC=C4CC(O)CCC4(C)C3CCC21C. The summed E-state index contributed by atoms with van der Waals surface area (Å²) < 4.78 is 0. The number of carbonyl (C=O) groups excluding carboxylic acids is 1. The standard InChI is InChI=1S/C21H31BrO3/c1-12(23)21(25)18(22)11-17-15-5-4-13-10-14(24)6-8-19(13,2)16(15)7-9-20(17,21)3/h4,14-18,24-25H,5-11H2,1-3H3. The highest BCUT2D eigenvalue weighted by molar-refractivity contribution is 9.09. The Hall–Kier alpha value is -0.190. The monoisotopic (exact) mass is 410 g/mol. The van der Waals surface area contributed by atoms with Crippen molar-refractivity contribution in [3.63, 3.8) is 0 Å². The van der Waals surface area contributed by atoms with Crippen molar-refractivity contribution in [3.8, 4) is 0 Å². The van der Waals surface area contributed by atoms with Crippen LogP contribution >= 0.6 is 15.9 Å². The fourth-order valence-electron chi connectivity index (χ4n) is 7.24. The van der Waals surface area contributed by atoms with Gasteiger partial charge in [-0.2, -0.15) is 0 Å². The Labute approximate surface area is 159 Å². The minimum atomic E-state index is -1.24. The quantitative estimate of drug-likeness (QED) is 0.507. The van der Waals surface area contributed by atoms with Crippen molar-refractivity contribution in [3.05, 3.63) is 11.6 Å². The molecule has 4 heteroatoms. The van der Waals surface area contributed by atoms with E-state index < -0.39 is 5.60 Å². The van der Waals surface area contributed by atoms with Gasteiger partial charge in [0, 0.05) is 5.41 Å². The molecule has 3 nitrogen and oxygen atoms in total. The summed E-state index contributed by atoms with van der Waals surface area (Å²) in [7, 11) is 0. The van der Waals surface area contributed by atoms with Gasteiger partial charge in [0.2, 0.25) is 0 Å². The van der Waals surface area contributed by atoms with Gasteiger partial charge in [-0.15, -0.1) is 0 Å². The summed E-state index contributed by atoms with van der Waals surface area (Å²) in [6.45, 7) is 6.11. The molecule has 0 spiro atoms. The smallest absolute Gasteiger partial charge is 0.163 e. The van der Waals surface area contributed by atoms with E-state index in [1.54, 1.807) is 6.92 Å². The topological polar surface area (TPSA) is 57.5 Å².